The molecule has 11 heteroatoms. The van der Waals surface area contributed by atoms with Crippen LogP contribution < -0.4 is 18.9 Å². The number of amides is 1. The molecule has 1 heterocycles. The lowest BCUT2D eigenvalue weighted by molar-refractivity contribution is 0.0982. The van der Waals surface area contributed by atoms with E-state index in [2.05, 4.69) is 9.82 Å². The minimum atomic E-state index is -3.88. The van der Waals surface area contributed by atoms with Crippen LogP contribution in [0.4, 0.5) is 0 Å². The Kier molecular flexibility index (Phi) is 6.71. The number of carbonyl (C=O) groups is 1. The van der Waals surface area contributed by atoms with E-state index >= 15 is 0 Å². The Morgan fingerprint density at radius 3 is 2.52 bits per heavy atom. The summed E-state index contributed by atoms with van der Waals surface area (Å²) < 4.78 is 41.3. The first-order valence-corrected chi connectivity index (χ1v) is 10.9. The molecule has 3 rings (SSSR count). The lowest BCUT2D eigenvalue weighted by atomic mass is 10.1. The minimum Gasteiger partial charge on any atom is -0.496 e. The maximum atomic E-state index is 13.2. The number of carbonyl (C=O) groups excluding carboxylic acids is 1. The Balaban J connectivity index is 1.92. The van der Waals surface area contributed by atoms with E-state index in [0.717, 1.165) is 5.56 Å². The third kappa shape index (κ3) is 4.75. The van der Waals surface area contributed by atoms with Gasteiger partial charge in [-0.15, -0.1) is 0 Å². The van der Waals surface area contributed by atoms with Gasteiger partial charge in [0.2, 0.25) is 0 Å². The third-order valence-electron chi connectivity index (χ3n) is 4.42. The van der Waals surface area contributed by atoms with Crippen LogP contribution in [0.15, 0.2) is 53.7 Å². The minimum absolute atomic E-state index is 0.00605. The molecule has 0 radical (unpaired) electrons. The molecule has 0 unspecified atom stereocenters. The van der Waals surface area contributed by atoms with Crippen LogP contribution in [0.3, 0.4) is 0 Å². The van der Waals surface area contributed by atoms with E-state index < -0.39 is 15.8 Å². The standard InChI is InChI=1S/C20H21ClN4O5S/c1-28-16-8-7-15(21)18(30-3)19(16)31(22,27)24-20(26)13-5-6-14(17(11-13)29-2)12-25-10-4-9-23-25/h4-11H,12H2,1-3H3,(H2,22,24,26,27)/t31-/m1/s1. The summed E-state index contributed by atoms with van der Waals surface area (Å²) in [5, 5.41) is 4.29. The topological polar surface area (TPSA) is 116 Å². The quantitative estimate of drug-likeness (QED) is 0.528. The van der Waals surface area contributed by atoms with Crippen molar-refractivity contribution in [2.24, 2.45) is 0 Å². The van der Waals surface area contributed by atoms with E-state index in [9.17, 15) is 9.00 Å². The Hall–Kier alpha value is -3.24. The predicted octanol–water partition coefficient (Wildman–Crippen LogP) is 3.36. The number of benzene rings is 2. The molecule has 164 valence electrons. The second-order valence-electron chi connectivity index (χ2n) is 6.33. The van der Waals surface area contributed by atoms with Gasteiger partial charge in [-0.2, -0.15) is 5.10 Å². The Morgan fingerprint density at radius 2 is 1.90 bits per heavy atom. The molecule has 9 nitrogen and oxygen atoms in total. The summed E-state index contributed by atoms with van der Waals surface area (Å²) >= 11 is 6.11. The Morgan fingerprint density at radius 1 is 1.16 bits per heavy atom. The summed E-state index contributed by atoms with van der Waals surface area (Å²) in [6, 6.07) is 9.52. The lowest BCUT2D eigenvalue weighted by Crippen LogP contribution is -2.30. The number of aromatic nitrogens is 2. The monoisotopic (exact) mass is 464 g/mol. The molecule has 0 fully saturated rings. The molecule has 1 atom stereocenters. The highest BCUT2D eigenvalue weighted by molar-refractivity contribution is 7.91. The molecule has 0 spiro atoms. The fourth-order valence-electron chi connectivity index (χ4n) is 2.97. The van der Waals surface area contributed by atoms with Crippen LogP contribution in [0.1, 0.15) is 15.9 Å². The Labute approximate surface area is 185 Å². The highest BCUT2D eigenvalue weighted by Crippen LogP contribution is 2.39. The van der Waals surface area contributed by atoms with Gasteiger partial charge in [-0.25, -0.2) is 8.99 Å². The second kappa shape index (κ2) is 9.27. The molecule has 2 N–H and O–H groups in total. The maximum absolute atomic E-state index is 13.2. The van der Waals surface area contributed by atoms with Gasteiger partial charge < -0.3 is 14.2 Å². The zero-order chi connectivity index (χ0) is 22.6. The van der Waals surface area contributed by atoms with Crippen LogP contribution in [-0.2, 0) is 16.5 Å². The highest BCUT2D eigenvalue weighted by Gasteiger charge is 2.26. The summed E-state index contributed by atoms with van der Waals surface area (Å²) in [6.07, 6.45) is 3.47. The third-order valence-corrected chi connectivity index (χ3v) is 6.15. The van der Waals surface area contributed by atoms with Crippen LogP contribution in [-0.4, -0.2) is 41.2 Å². The van der Waals surface area contributed by atoms with Crippen LogP contribution in [0.5, 0.6) is 17.2 Å². The van der Waals surface area contributed by atoms with E-state index in [0.29, 0.717) is 12.3 Å². The number of ether oxygens (including phenoxy) is 3. The van der Waals surface area contributed by atoms with E-state index in [1.54, 1.807) is 35.3 Å². The van der Waals surface area contributed by atoms with Crippen molar-refractivity contribution in [3.63, 3.8) is 0 Å². The van der Waals surface area contributed by atoms with Gasteiger partial charge in [0, 0.05) is 23.5 Å². The summed E-state index contributed by atoms with van der Waals surface area (Å²) in [7, 11) is 0.288. The van der Waals surface area contributed by atoms with Gasteiger partial charge in [-0.1, -0.05) is 17.7 Å². The van der Waals surface area contributed by atoms with E-state index in [1.807, 2.05) is 0 Å². The number of halogens is 1. The van der Waals surface area contributed by atoms with Crippen molar-refractivity contribution in [3.8, 4) is 17.2 Å². The lowest BCUT2D eigenvalue weighted by Gasteiger charge is -2.17. The molecular weight excluding hydrogens is 444 g/mol. The SMILES string of the molecule is COc1cc(C(=O)N[S@@](=N)(=O)c2c(OC)ccc(Cl)c2OC)ccc1Cn1cccn1. The molecule has 0 saturated heterocycles. The molecule has 1 amide bonds. The van der Waals surface area contributed by atoms with Crippen LogP contribution in [0.25, 0.3) is 0 Å². The largest absolute Gasteiger partial charge is 0.496 e. The first kappa shape index (κ1) is 22.4. The number of nitrogens with zero attached hydrogens (tertiary/aromatic N) is 2. The molecule has 3 aromatic rings. The van der Waals surface area contributed by atoms with Gasteiger partial charge in [0.1, 0.15) is 11.5 Å². The van der Waals surface area contributed by atoms with Gasteiger partial charge >= 0.3 is 0 Å². The highest BCUT2D eigenvalue weighted by atomic mass is 35.5. The van der Waals surface area contributed by atoms with Gasteiger partial charge in [-0.05, 0) is 30.3 Å². The molecule has 31 heavy (non-hydrogen) atoms. The van der Waals surface area contributed by atoms with E-state index in [4.69, 9.17) is 30.6 Å². The summed E-state index contributed by atoms with van der Waals surface area (Å²) in [5.74, 6) is -0.173. The molecule has 0 saturated carbocycles. The first-order valence-electron chi connectivity index (χ1n) is 8.96. The van der Waals surface area contributed by atoms with Crippen LogP contribution >= 0.6 is 11.6 Å². The van der Waals surface area contributed by atoms with Gasteiger partial charge in [0.15, 0.2) is 20.6 Å². The Bertz CT molecular complexity index is 1200. The number of rotatable bonds is 8. The molecule has 0 bridgehead atoms. The van der Waals surface area contributed by atoms with Gasteiger partial charge in [-0.3, -0.25) is 14.2 Å². The van der Waals surface area contributed by atoms with Crippen molar-refractivity contribution < 1.29 is 23.2 Å². The fraction of sp³-hybridized carbons (Fsp3) is 0.200. The molecule has 0 aliphatic carbocycles. The number of hydrogen-bond donors (Lipinski definition) is 2. The average Bonchev–Trinajstić information content (AvgIpc) is 3.26. The van der Waals surface area contributed by atoms with Gasteiger partial charge in [0.25, 0.3) is 5.91 Å². The van der Waals surface area contributed by atoms with Crippen LogP contribution in [0, 0.1) is 4.78 Å². The summed E-state index contributed by atoms with van der Waals surface area (Å²) in [5.41, 5.74) is 0.966. The number of nitrogens with one attached hydrogen (secondary N) is 2. The smallest absolute Gasteiger partial charge is 0.263 e. The van der Waals surface area contributed by atoms with E-state index in [-0.39, 0.29) is 27.0 Å². The van der Waals surface area contributed by atoms with Crippen molar-refractivity contribution in [2.75, 3.05) is 21.3 Å². The molecular formula is C20H21ClN4O5S. The van der Waals surface area contributed by atoms with Crippen molar-refractivity contribution in [3.05, 3.63) is 64.9 Å². The molecule has 0 aliphatic heterocycles. The molecule has 1 aromatic heterocycles. The second-order valence-corrected chi connectivity index (χ2v) is 8.46. The van der Waals surface area contributed by atoms with E-state index in [1.165, 1.54) is 39.5 Å². The van der Waals surface area contributed by atoms with Crippen molar-refractivity contribution in [2.45, 2.75) is 11.4 Å². The molecule has 0 aliphatic rings. The normalized spacial score (nSPS) is 12.6. The maximum Gasteiger partial charge on any atom is 0.263 e. The summed E-state index contributed by atoms with van der Waals surface area (Å²) in [4.78, 5) is 12.7. The average molecular weight is 465 g/mol. The van der Waals surface area contributed by atoms with Crippen LogP contribution in [0.2, 0.25) is 5.02 Å². The summed E-state index contributed by atoms with van der Waals surface area (Å²) in [6.45, 7) is 0.449. The van der Waals surface area contributed by atoms with Crippen molar-refractivity contribution in [1.82, 2.24) is 14.5 Å². The van der Waals surface area contributed by atoms with Crippen molar-refractivity contribution in [1.29, 1.82) is 4.78 Å². The zero-order valence-corrected chi connectivity index (χ0v) is 18.6. The predicted molar refractivity (Wildman–Crippen MR) is 115 cm³/mol. The number of hydrogen-bond acceptors (Lipinski definition) is 7. The molecule has 2 aromatic carbocycles. The fourth-order valence-corrected chi connectivity index (χ4v) is 4.63. The van der Waals surface area contributed by atoms with Crippen molar-refractivity contribution >= 4 is 27.4 Å². The van der Waals surface area contributed by atoms with Gasteiger partial charge in [0.05, 0.1) is 32.9 Å². The first-order chi connectivity index (χ1) is 14.8. The zero-order valence-electron chi connectivity index (χ0n) is 17.0. The number of methoxy groups -OCH3 is 3.